The zero-order chi connectivity index (χ0) is 13.8. The second kappa shape index (κ2) is 6.44. The lowest BCUT2D eigenvalue weighted by Crippen LogP contribution is -1.98. The van der Waals surface area contributed by atoms with Crippen molar-refractivity contribution in [2.24, 2.45) is 0 Å². The zero-order valence-corrected chi connectivity index (χ0v) is 13.1. The topological polar surface area (TPSA) is 9.23 Å². The molecular weight excluding hydrogens is 276 g/mol. The van der Waals surface area contributed by atoms with Gasteiger partial charge in [0.15, 0.2) is 0 Å². The Balaban J connectivity index is 2.38. The Morgan fingerprint density at radius 2 is 2.00 bits per heavy atom. The Labute approximate surface area is 124 Å². The van der Waals surface area contributed by atoms with Gasteiger partial charge >= 0.3 is 0 Å². The molecular formula is C16H19ClOS. The fraction of sp³-hybridized carbons (Fsp3) is 0.375. The number of ether oxygens (including phenoxy) is 1. The monoisotopic (exact) mass is 294 g/mol. The number of hydrogen-bond donors (Lipinski definition) is 0. The fourth-order valence-electron chi connectivity index (χ4n) is 2.15. The van der Waals surface area contributed by atoms with E-state index in [0.29, 0.717) is 0 Å². The number of methoxy groups -OCH3 is 1. The van der Waals surface area contributed by atoms with Gasteiger partial charge in [0, 0.05) is 10.3 Å². The molecule has 0 amide bonds. The molecule has 3 heteroatoms. The minimum Gasteiger partial charge on any atom is -0.496 e. The second-order valence-electron chi connectivity index (χ2n) is 4.49. The third-order valence-corrected chi connectivity index (χ3v) is 4.93. The summed E-state index contributed by atoms with van der Waals surface area (Å²) in [6.07, 6.45) is 2.04. The molecule has 1 aromatic carbocycles. The van der Waals surface area contributed by atoms with Gasteiger partial charge in [-0.3, -0.25) is 0 Å². The van der Waals surface area contributed by atoms with E-state index in [-0.39, 0.29) is 5.38 Å². The Morgan fingerprint density at radius 1 is 1.21 bits per heavy atom. The standard InChI is InChI=1S/C16H19ClOS/c1-4-11-6-7-12(5-2)14(8-11)16(17)15-9-13(18-3)10-19-15/h6-10,16H,4-5H2,1-3H3. The molecule has 2 aromatic rings. The van der Waals surface area contributed by atoms with Crippen LogP contribution in [0.2, 0.25) is 0 Å². The molecule has 1 nitrogen and oxygen atoms in total. The van der Waals surface area contributed by atoms with Crippen molar-refractivity contribution >= 4 is 22.9 Å². The van der Waals surface area contributed by atoms with Crippen molar-refractivity contribution in [3.63, 3.8) is 0 Å². The molecule has 0 radical (unpaired) electrons. The summed E-state index contributed by atoms with van der Waals surface area (Å²) < 4.78 is 5.23. The maximum atomic E-state index is 6.67. The van der Waals surface area contributed by atoms with E-state index in [4.69, 9.17) is 16.3 Å². The van der Waals surface area contributed by atoms with E-state index in [1.165, 1.54) is 16.7 Å². The van der Waals surface area contributed by atoms with Crippen molar-refractivity contribution < 1.29 is 4.74 Å². The van der Waals surface area contributed by atoms with Crippen molar-refractivity contribution in [3.05, 3.63) is 51.2 Å². The first-order valence-corrected chi connectivity index (χ1v) is 7.89. The van der Waals surface area contributed by atoms with E-state index >= 15 is 0 Å². The van der Waals surface area contributed by atoms with Crippen LogP contribution in [0.25, 0.3) is 0 Å². The van der Waals surface area contributed by atoms with E-state index in [1.807, 2.05) is 11.4 Å². The van der Waals surface area contributed by atoms with E-state index in [2.05, 4.69) is 32.0 Å². The van der Waals surface area contributed by atoms with Crippen LogP contribution in [-0.4, -0.2) is 7.11 Å². The van der Waals surface area contributed by atoms with Crippen LogP contribution in [0.1, 0.15) is 40.8 Å². The van der Waals surface area contributed by atoms with Crippen molar-refractivity contribution in [2.45, 2.75) is 32.1 Å². The molecule has 0 saturated carbocycles. The molecule has 0 saturated heterocycles. The normalized spacial score (nSPS) is 12.4. The van der Waals surface area contributed by atoms with Gasteiger partial charge in [-0.05, 0) is 35.6 Å². The third-order valence-electron chi connectivity index (χ3n) is 3.35. The Hall–Kier alpha value is -0.990. The SMILES string of the molecule is CCc1ccc(CC)c(C(Cl)c2cc(OC)cs2)c1. The molecule has 0 aliphatic rings. The van der Waals surface area contributed by atoms with Crippen LogP contribution in [0.4, 0.5) is 0 Å². The Bertz CT molecular complexity index is 547. The quantitative estimate of drug-likeness (QED) is 0.688. The van der Waals surface area contributed by atoms with Gasteiger partial charge in [-0.1, -0.05) is 32.0 Å². The minimum absolute atomic E-state index is 0.0876. The molecule has 0 bridgehead atoms. The molecule has 1 unspecified atom stereocenters. The first kappa shape index (κ1) is 14.4. The van der Waals surface area contributed by atoms with Crippen LogP contribution >= 0.6 is 22.9 Å². The number of thiophene rings is 1. The summed E-state index contributed by atoms with van der Waals surface area (Å²) in [7, 11) is 1.68. The molecule has 0 aliphatic carbocycles. The van der Waals surface area contributed by atoms with Crippen LogP contribution in [-0.2, 0) is 12.8 Å². The summed E-state index contributed by atoms with van der Waals surface area (Å²) >= 11 is 8.32. The van der Waals surface area contributed by atoms with Gasteiger partial charge in [0.05, 0.1) is 12.5 Å². The van der Waals surface area contributed by atoms with Gasteiger partial charge in [0.2, 0.25) is 0 Å². The maximum Gasteiger partial charge on any atom is 0.129 e. The Kier molecular flexibility index (Phi) is 4.89. The maximum absolute atomic E-state index is 6.67. The first-order chi connectivity index (χ1) is 9.19. The predicted molar refractivity (Wildman–Crippen MR) is 83.8 cm³/mol. The average molecular weight is 295 g/mol. The van der Waals surface area contributed by atoms with Crippen LogP contribution in [0.3, 0.4) is 0 Å². The minimum atomic E-state index is -0.0876. The van der Waals surface area contributed by atoms with Crippen LogP contribution in [0, 0.1) is 0 Å². The first-order valence-electron chi connectivity index (χ1n) is 6.57. The zero-order valence-electron chi connectivity index (χ0n) is 11.6. The molecule has 19 heavy (non-hydrogen) atoms. The molecule has 0 fully saturated rings. The highest BCUT2D eigenvalue weighted by Gasteiger charge is 2.17. The lowest BCUT2D eigenvalue weighted by Gasteiger charge is -2.14. The highest BCUT2D eigenvalue weighted by atomic mass is 35.5. The Morgan fingerprint density at radius 3 is 2.58 bits per heavy atom. The summed E-state index contributed by atoms with van der Waals surface area (Å²) in [5.41, 5.74) is 3.89. The lowest BCUT2D eigenvalue weighted by molar-refractivity contribution is 0.416. The molecule has 1 atom stereocenters. The van der Waals surface area contributed by atoms with Gasteiger partial charge in [0.25, 0.3) is 0 Å². The van der Waals surface area contributed by atoms with Crippen LogP contribution in [0.15, 0.2) is 29.6 Å². The van der Waals surface area contributed by atoms with E-state index in [1.54, 1.807) is 18.4 Å². The summed E-state index contributed by atoms with van der Waals surface area (Å²) in [5.74, 6) is 0.885. The number of hydrogen-bond acceptors (Lipinski definition) is 2. The highest BCUT2D eigenvalue weighted by Crippen LogP contribution is 2.37. The summed E-state index contributed by atoms with van der Waals surface area (Å²) in [5, 5.41) is 1.91. The van der Waals surface area contributed by atoms with Crippen molar-refractivity contribution in [1.29, 1.82) is 0 Å². The summed E-state index contributed by atoms with van der Waals surface area (Å²) in [4.78, 5) is 1.14. The van der Waals surface area contributed by atoms with Gasteiger partial charge in [-0.15, -0.1) is 22.9 Å². The molecule has 2 rings (SSSR count). The molecule has 102 valence electrons. The van der Waals surface area contributed by atoms with Crippen molar-refractivity contribution in [2.75, 3.05) is 7.11 Å². The molecule has 0 aliphatic heterocycles. The van der Waals surface area contributed by atoms with Crippen molar-refractivity contribution in [3.8, 4) is 5.75 Å². The van der Waals surface area contributed by atoms with Crippen molar-refractivity contribution in [1.82, 2.24) is 0 Å². The van der Waals surface area contributed by atoms with Gasteiger partial charge in [-0.2, -0.15) is 0 Å². The molecule has 1 aromatic heterocycles. The predicted octanol–water partition coefficient (Wildman–Crippen LogP) is 5.21. The summed E-state index contributed by atoms with van der Waals surface area (Å²) in [6.45, 7) is 4.34. The second-order valence-corrected chi connectivity index (χ2v) is 5.87. The molecule has 0 N–H and O–H groups in total. The molecule has 0 spiro atoms. The van der Waals surface area contributed by atoms with Gasteiger partial charge < -0.3 is 4.74 Å². The number of alkyl halides is 1. The molecule has 1 heterocycles. The highest BCUT2D eigenvalue weighted by molar-refractivity contribution is 7.10. The van der Waals surface area contributed by atoms with Gasteiger partial charge in [-0.25, -0.2) is 0 Å². The number of aryl methyl sites for hydroxylation is 2. The lowest BCUT2D eigenvalue weighted by atomic mass is 9.97. The third kappa shape index (κ3) is 3.13. The summed E-state index contributed by atoms with van der Waals surface area (Å²) in [6, 6.07) is 8.67. The number of rotatable bonds is 5. The van der Waals surface area contributed by atoms with Crippen LogP contribution < -0.4 is 4.74 Å². The van der Waals surface area contributed by atoms with E-state index in [9.17, 15) is 0 Å². The van der Waals surface area contributed by atoms with Crippen LogP contribution in [0.5, 0.6) is 5.75 Å². The van der Waals surface area contributed by atoms with Gasteiger partial charge in [0.1, 0.15) is 5.75 Å². The smallest absolute Gasteiger partial charge is 0.129 e. The number of halogens is 1. The van der Waals surface area contributed by atoms with E-state index < -0.39 is 0 Å². The number of benzene rings is 1. The van der Waals surface area contributed by atoms with E-state index in [0.717, 1.165) is 23.5 Å². The fourth-order valence-corrected chi connectivity index (χ4v) is 3.42. The largest absolute Gasteiger partial charge is 0.496 e. The average Bonchev–Trinajstić information content (AvgIpc) is 2.94.